The Labute approximate surface area is 389 Å². The van der Waals surface area contributed by atoms with E-state index in [1.54, 1.807) is 42.3 Å². The maximum atomic E-state index is 13.9. The number of rotatable bonds is 17. The Morgan fingerprint density at radius 2 is 1.75 bits per heavy atom. The molecule has 15 nitrogen and oxygen atoms in total. The largest absolute Gasteiger partial charge is 0.494 e. The third-order valence-electron chi connectivity index (χ3n) is 10.2. The number of carbonyl (C=O) groups excluding carboxylic acids is 4. The number of carbonyl (C=O) groups is 4. The minimum absolute atomic E-state index is 0.0478. The monoisotopic (exact) mass is 922 g/mol. The molecule has 1 aromatic carbocycles. The van der Waals surface area contributed by atoms with Gasteiger partial charge in [0.1, 0.15) is 13.1 Å². The molecule has 3 rings (SSSR count). The van der Waals surface area contributed by atoms with Crippen LogP contribution in [0.25, 0.3) is 5.57 Å². The highest BCUT2D eigenvalue weighted by Gasteiger charge is 2.26. The fourth-order valence-electron chi connectivity index (χ4n) is 6.64. The van der Waals surface area contributed by atoms with Crippen LogP contribution in [0, 0.1) is 11.8 Å². The number of aryl methyl sites for hydroxylation is 1. The van der Waals surface area contributed by atoms with Crippen molar-refractivity contribution in [3.8, 4) is 5.75 Å². The summed E-state index contributed by atoms with van der Waals surface area (Å²) in [5, 5.41) is 20.3. The second kappa shape index (κ2) is 40.5. The lowest BCUT2D eigenvalue weighted by Crippen LogP contribution is -2.45. The van der Waals surface area contributed by atoms with Crippen molar-refractivity contribution < 1.29 is 37.8 Å². The summed E-state index contributed by atoms with van der Waals surface area (Å²) in [7, 11) is 6.21. The Kier molecular flexibility index (Phi) is 40.1. The van der Waals surface area contributed by atoms with Gasteiger partial charge < -0.3 is 47.3 Å². The highest BCUT2D eigenvalue weighted by atomic mass is 19.3. The maximum absolute atomic E-state index is 13.9. The summed E-state index contributed by atoms with van der Waals surface area (Å²) in [6.45, 7) is 19.0. The molecule has 65 heavy (non-hydrogen) atoms. The van der Waals surface area contributed by atoms with E-state index in [2.05, 4.69) is 61.2 Å². The minimum Gasteiger partial charge on any atom is -0.494 e. The van der Waals surface area contributed by atoms with Crippen LogP contribution in [-0.4, -0.2) is 97.8 Å². The van der Waals surface area contributed by atoms with E-state index in [0.717, 1.165) is 69.1 Å². The molecule has 1 aromatic heterocycles. The van der Waals surface area contributed by atoms with E-state index in [1.807, 2.05) is 26.7 Å². The lowest BCUT2D eigenvalue weighted by molar-refractivity contribution is -0.124. The number of para-hydroxylation sites is 1. The lowest BCUT2D eigenvalue weighted by atomic mass is 9.81. The average Bonchev–Trinajstić information content (AvgIpc) is 3.76. The van der Waals surface area contributed by atoms with E-state index in [4.69, 9.17) is 26.1 Å². The van der Waals surface area contributed by atoms with Crippen LogP contribution in [0.2, 0.25) is 0 Å². The quantitative estimate of drug-likeness (QED) is 0.0464. The van der Waals surface area contributed by atoms with Crippen molar-refractivity contribution >= 4 is 36.2 Å². The number of unbranched alkanes of at least 4 members (excludes halogenated alkanes) is 2. The van der Waals surface area contributed by atoms with Gasteiger partial charge in [-0.3, -0.25) is 24.7 Å². The molecule has 1 aliphatic rings. The van der Waals surface area contributed by atoms with Gasteiger partial charge in [0.25, 0.3) is 12.3 Å². The molecule has 3 unspecified atom stereocenters. The number of ether oxygens (including phenoxy) is 1. The standard InChI is InChI=1S/C21H32F2N4.C18H27N3O5.C5H13N.C2H6.CH5N.CH2O/c1-5-15-9-7-8-10-18(16-12-25-27(4)13-16)19(20(22)23)11-14(3)26-21(24)17(15)6-2;1-21(20-16(24)10-7-13-23)18(25)14-8-6-9-15(17(14)26-2)19-11-4-3-5-12-22;1-3-5(6)4-2;3*1-2/h10-13,15,17,20-21,26H,3,5-9,24H2,1-2,4H3;6,8-9,12,19,23H,3-5,7,10-11,13H2,1-2H3,(H,20,24);5H,3-4,6H2,1-2H3;1-2H3;2H2,1H3;1H2/b18-10-,19-11+;;;;;. The molecule has 2 aromatic rings. The molecular weight excluding hydrogens is 837 g/mol. The predicted molar refractivity (Wildman–Crippen MR) is 262 cm³/mol. The highest BCUT2D eigenvalue weighted by Crippen LogP contribution is 2.33. The predicted octanol–water partition coefficient (Wildman–Crippen LogP) is 7.52. The molecule has 2 heterocycles. The molecular formula is C48H85F2N9O6. The summed E-state index contributed by atoms with van der Waals surface area (Å²) in [5.41, 5.74) is 21.4. The zero-order chi connectivity index (χ0) is 50.3. The van der Waals surface area contributed by atoms with Crippen molar-refractivity contribution in [2.45, 2.75) is 137 Å². The number of amides is 2. The molecule has 0 fully saturated rings. The number of aldehydes is 1. The number of aromatic nitrogens is 2. The van der Waals surface area contributed by atoms with Crippen molar-refractivity contribution in [3.05, 3.63) is 71.7 Å². The van der Waals surface area contributed by atoms with Crippen molar-refractivity contribution in [3.63, 3.8) is 0 Å². The van der Waals surface area contributed by atoms with Gasteiger partial charge in [0.15, 0.2) is 5.75 Å². The van der Waals surface area contributed by atoms with Crippen LogP contribution in [0.4, 0.5) is 14.5 Å². The maximum Gasteiger partial charge on any atom is 0.275 e. The Morgan fingerprint density at radius 3 is 2.25 bits per heavy atom. The number of aliphatic hydroxyl groups excluding tert-OH is 1. The molecule has 1 aliphatic heterocycles. The van der Waals surface area contributed by atoms with E-state index >= 15 is 0 Å². The molecule has 0 spiro atoms. The third kappa shape index (κ3) is 25.9. The fraction of sp³-hybridized carbons (Fsp3) is 0.604. The van der Waals surface area contributed by atoms with Crippen molar-refractivity contribution in [1.82, 2.24) is 25.5 Å². The van der Waals surface area contributed by atoms with Gasteiger partial charge in [-0.25, -0.2) is 8.78 Å². The number of allylic oxidation sites excluding steroid dienone is 4. The first-order valence-corrected chi connectivity index (χ1v) is 22.8. The van der Waals surface area contributed by atoms with Crippen molar-refractivity contribution in [1.29, 1.82) is 0 Å². The average molecular weight is 922 g/mol. The Bertz CT molecular complexity index is 1640. The Balaban J connectivity index is -0.000000952. The first kappa shape index (κ1) is 64.3. The normalized spacial score (nSPS) is 17.3. The van der Waals surface area contributed by atoms with E-state index in [9.17, 15) is 23.2 Å². The molecule has 0 aliphatic carbocycles. The van der Waals surface area contributed by atoms with Crippen LogP contribution in [0.1, 0.15) is 135 Å². The fourth-order valence-corrected chi connectivity index (χ4v) is 6.64. The van der Waals surface area contributed by atoms with Gasteiger partial charge in [-0.15, -0.1) is 0 Å². The topological polar surface area (TPSA) is 233 Å². The number of anilines is 1. The zero-order valence-electron chi connectivity index (χ0n) is 41.1. The Hall–Kier alpha value is -4.97. The van der Waals surface area contributed by atoms with Gasteiger partial charge in [0.2, 0.25) is 5.91 Å². The second-order valence-corrected chi connectivity index (χ2v) is 14.6. The van der Waals surface area contributed by atoms with Crippen LogP contribution in [-0.2, 0) is 21.4 Å². The van der Waals surface area contributed by atoms with Gasteiger partial charge in [-0.05, 0) is 100 Å². The van der Waals surface area contributed by atoms with Crippen LogP contribution in [0.5, 0.6) is 5.75 Å². The third-order valence-corrected chi connectivity index (χ3v) is 10.2. The van der Waals surface area contributed by atoms with Crippen LogP contribution < -0.4 is 38.0 Å². The highest BCUT2D eigenvalue weighted by molar-refractivity contribution is 5.99. The van der Waals surface area contributed by atoms with Crippen LogP contribution in [0.3, 0.4) is 0 Å². The first-order chi connectivity index (χ1) is 31.2. The molecule has 17 heteroatoms. The summed E-state index contributed by atoms with van der Waals surface area (Å²) in [6, 6.07) is 5.58. The van der Waals surface area contributed by atoms with Gasteiger partial charge in [-0.1, -0.05) is 66.7 Å². The SMILES string of the molecule is C=C1/C=C(C(F)F)\C(c2cnn(C)c2)=C/CCCC(CC)C(CC)C(N)N1.C=O.CC.CCC(N)CC.CN.COc1c(NCCCCC=O)cccc1C(=O)N(C)NC(=O)CCCO. The molecule has 10 N–H and O–H groups in total. The molecule has 0 radical (unpaired) electrons. The van der Waals surface area contributed by atoms with E-state index in [-0.39, 0.29) is 36.6 Å². The number of benzene rings is 1. The molecule has 0 saturated heterocycles. The van der Waals surface area contributed by atoms with Gasteiger partial charge >= 0.3 is 0 Å². The number of hydrogen-bond acceptors (Lipinski definition) is 12. The number of methoxy groups -OCH3 is 1. The Morgan fingerprint density at radius 1 is 1.11 bits per heavy atom. The van der Waals surface area contributed by atoms with Gasteiger partial charge in [0, 0.05) is 69.2 Å². The summed E-state index contributed by atoms with van der Waals surface area (Å²) < 4.78 is 34.8. The number of aliphatic hydroxyl groups is 1. The number of hydrazine groups is 1. The number of alkyl halides is 2. The minimum atomic E-state index is -2.61. The van der Waals surface area contributed by atoms with E-state index < -0.39 is 12.3 Å². The first-order valence-electron chi connectivity index (χ1n) is 22.8. The van der Waals surface area contributed by atoms with Gasteiger partial charge in [-0.2, -0.15) is 5.10 Å². The second-order valence-electron chi connectivity index (χ2n) is 14.6. The number of hydrogen-bond donors (Lipinski definition) is 7. The molecule has 0 saturated carbocycles. The number of nitrogens with two attached hydrogens (primary N) is 3. The van der Waals surface area contributed by atoms with Gasteiger partial charge in [0.05, 0.1) is 30.7 Å². The molecule has 3 atom stereocenters. The molecule has 2 amide bonds. The number of nitrogens with one attached hydrogen (secondary N) is 3. The summed E-state index contributed by atoms with van der Waals surface area (Å²) in [5.74, 6) is 0.418. The van der Waals surface area contributed by atoms with Crippen LogP contribution >= 0.6 is 0 Å². The van der Waals surface area contributed by atoms with Crippen LogP contribution in [0.15, 0.2) is 60.6 Å². The number of halogens is 2. The van der Waals surface area contributed by atoms with E-state index in [1.165, 1.54) is 27.3 Å². The summed E-state index contributed by atoms with van der Waals surface area (Å²) >= 11 is 0. The molecule has 0 bridgehead atoms. The lowest BCUT2D eigenvalue weighted by Gasteiger charge is -2.32. The summed E-state index contributed by atoms with van der Waals surface area (Å²) in [4.78, 5) is 42.7. The molecule has 372 valence electrons. The van der Waals surface area contributed by atoms with Crippen molar-refractivity contribution in [2.75, 3.05) is 39.7 Å². The smallest absolute Gasteiger partial charge is 0.275 e. The number of nitrogens with zero attached hydrogens (tertiary/aromatic N) is 3. The summed E-state index contributed by atoms with van der Waals surface area (Å²) in [6.07, 6.45) is 14.3. The van der Waals surface area contributed by atoms with Crippen molar-refractivity contribution in [2.24, 2.45) is 36.1 Å². The zero-order valence-corrected chi connectivity index (χ0v) is 41.1. The van der Waals surface area contributed by atoms with E-state index in [0.29, 0.717) is 65.2 Å².